The molecule has 0 aliphatic heterocycles. The number of guanidine groups is 1. The van der Waals surface area contributed by atoms with E-state index in [1.54, 1.807) is 0 Å². The molecule has 0 aromatic rings. The smallest absolute Gasteiger partial charge is 0.188 e. The summed E-state index contributed by atoms with van der Waals surface area (Å²) in [5.41, 5.74) is 5.95. The van der Waals surface area contributed by atoms with Gasteiger partial charge in [0.2, 0.25) is 0 Å². The van der Waals surface area contributed by atoms with E-state index < -0.39 is 0 Å². The molecule has 0 bridgehead atoms. The van der Waals surface area contributed by atoms with Gasteiger partial charge in [0.1, 0.15) is 0 Å². The van der Waals surface area contributed by atoms with E-state index in [0.29, 0.717) is 5.96 Å². The molecule has 18 heavy (non-hydrogen) atoms. The predicted octanol–water partition coefficient (Wildman–Crippen LogP) is 0.905. The number of nitrogens with two attached hydrogens (primary N) is 1. The standard InChI is InChI=1S/C13H30N4O/c1-6-18-9-7-8-15-12(14)16-10-13(2,3)11-17(4)5/h6-11H2,1-5H3,(H3,14,15,16). The first-order chi connectivity index (χ1) is 8.37. The second-order valence-electron chi connectivity index (χ2n) is 5.58. The molecule has 0 saturated carbocycles. The lowest BCUT2D eigenvalue weighted by Crippen LogP contribution is -2.36. The van der Waals surface area contributed by atoms with Crippen molar-refractivity contribution in [2.75, 3.05) is 46.9 Å². The van der Waals surface area contributed by atoms with Crippen LogP contribution in [0.5, 0.6) is 0 Å². The second-order valence-corrected chi connectivity index (χ2v) is 5.58. The molecule has 108 valence electrons. The van der Waals surface area contributed by atoms with Crippen molar-refractivity contribution in [3.8, 4) is 0 Å². The van der Waals surface area contributed by atoms with Gasteiger partial charge in [-0.05, 0) is 32.9 Å². The number of rotatable bonds is 9. The van der Waals surface area contributed by atoms with E-state index in [4.69, 9.17) is 10.5 Å². The first kappa shape index (κ1) is 17.2. The Morgan fingerprint density at radius 2 is 2.06 bits per heavy atom. The van der Waals surface area contributed by atoms with Crippen molar-refractivity contribution < 1.29 is 4.74 Å². The minimum Gasteiger partial charge on any atom is -0.382 e. The summed E-state index contributed by atoms with van der Waals surface area (Å²) in [6.45, 7) is 10.5. The molecule has 0 heterocycles. The van der Waals surface area contributed by atoms with Crippen LogP contribution >= 0.6 is 0 Å². The second kappa shape index (κ2) is 9.16. The highest BCUT2D eigenvalue weighted by molar-refractivity contribution is 5.77. The largest absolute Gasteiger partial charge is 0.382 e. The van der Waals surface area contributed by atoms with E-state index in [1.807, 2.05) is 6.92 Å². The van der Waals surface area contributed by atoms with Gasteiger partial charge in [-0.15, -0.1) is 0 Å². The third-order valence-corrected chi connectivity index (χ3v) is 2.40. The van der Waals surface area contributed by atoms with Crippen LogP contribution in [0.15, 0.2) is 4.99 Å². The molecule has 0 aliphatic rings. The molecule has 0 aromatic carbocycles. The Morgan fingerprint density at radius 1 is 1.39 bits per heavy atom. The molecule has 0 fully saturated rings. The van der Waals surface area contributed by atoms with Crippen molar-refractivity contribution in [3.63, 3.8) is 0 Å². The Bertz CT molecular complexity index is 239. The summed E-state index contributed by atoms with van der Waals surface area (Å²) in [5.74, 6) is 0.526. The first-order valence-electron chi connectivity index (χ1n) is 6.63. The molecule has 0 aromatic heterocycles. The fourth-order valence-corrected chi connectivity index (χ4v) is 1.80. The van der Waals surface area contributed by atoms with Gasteiger partial charge in [-0.2, -0.15) is 0 Å². The van der Waals surface area contributed by atoms with Crippen LogP contribution < -0.4 is 11.1 Å². The van der Waals surface area contributed by atoms with E-state index >= 15 is 0 Å². The molecule has 0 unspecified atom stereocenters. The van der Waals surface area contributed by atoms with Crippen molar-refractivity contribution in [3.05, 3.63) is 0 Å². The van der Waals surface area contributed by atoms with E-state index in [9.17, 15) is 0 Å². The van der Waals surface area contributed by atoms with Gasteiger partial charge >= 0.3 is 0 Å². The van der Waals surface area contributed by atoms with Crippen LogP contribution in [0.2, 0.25) is 0 Å². The van der Waals surface area contributed by atoms with Gasteiger partial charge in [0.05, 0.1) is 0 Å². The molecule has 3 N–H and O–H groups in total. The lowest BCUT2D eigenvalue weighted by atomic mass is 9.93. The number of hydrogen-bond donors (Lipinski definition) is 2. The number of ether oxygens (including phenoxy) is 1. The molecule has 5 nitrogen and oxygen atoms in total. The van der Waals surface area contributed by atoms with Gasteiger partial charge in [-0.25, -0.2) is 0 Å². The maximum absolute atomic E-state index is 5.81. The van der Waals surface area contributed by atoms with Crippen molar-refractivity contribution in [2.24, 2.45) is 16.1 Å². The lowest BCUT2D eigenvalue weighted by molar-refractivity contribution is 0.145. The first-order valence-corrected chi connectivity index (χ1v) is 6.63. The van der Waals surface area contributed by atoms with Crippen LogP contribution in [0.4, 0.5) is 0 Å². The van der Waals surface area contributed by atoms with Crippen LogP contribution in [-0.4, -0.2) is 57.8 Å². The highest BCUT2D eigenvalue weighted by atomic mass is 16.5. The third-order valence-electron chi connectivity index (χ3n) is 2.40. The van der Waals surface area contributed by atoms with Gasteiger partial charge in [0.25, 0.3) is 0 Å². The molecule has 0 amide bonds. The molecule has 0 saturated heterocycles. The summed E-state index contributed by atoms with van der Waals surface area (Å²) in [4.78, 5) is 6.55. The summed E-state index contributed by atoms with van der Waals surface area (Å²) in [7, 11) is 4.14. The average Bonchev–Trinajstić information content (AvgIpc) is 2.24. The molecule has 5 heteroatoms. The summed E-state index contributed by atoms with van der Waals surface area (Å²) in [6, 6.07) is 0. The lowest BCUT2D eigenvalue weighted by Gasteiger charge is -2.26. The zero-order chi connectivity index (χ0) is 14.0. The third kappa shape index (κ3) is 10.4. The van der Waals surface area contributed by atoms with Gasteiger partial charge < -0.3 is 20.7 Å². The molecule has 0 aliphatic carbocycles. The number of nitrogens with zero attached hydrogens (tertiary/aromatic N) is 2. The van der Waals surface area contributed by atoms with Gasteiger partial charge in [-0.3, -0.25) is 4.99 Å². The Kier molecular flexibility index (Phi) is 8.75. The predicted molar refractivity (Wildman–Crippen MR) is 77.9 cm³/mol. The Labute approximate surface area is 112 Å². The molecule has 0 rings (SSSR count). The maximum atomic E-state index is 5.81. The van der Waals surface area contributed by atoms with Crippen LogP contribution in [0.1, 0.15) is 27.2 Å². The topological polar surface area (TPSA) is 62.9 Å². The van der Waals surface area contributed by atoms with Crippen molar-refractivity contribution in [1.29, 1.82) is 0 Å². The van der Waals surface area contributed by atoms with Crippen molar-refractivity contribution in [2.45, 2.75) is 27.2 Å². The van der Waals surface area contributed by atoms with Crippen LogP contribution in [0.25, 0.3) is 0 Å². The maximum Gasteiger partial charge on any atom is 0.188 e. The Morgan fingerprint density at radius 3 is 2.61 bits per heavy atom. The van der Waals surface area contributed by atoms with E-state index in [-0.39, 0.29) is 5.41 Å². The summed E-state index contributed by atoms with van der Waals surface area (Å²) in [6.07, 6.45) is 0.950. The van der Waals surface area contributed by atoms with Crippen molar-refractivity contribution >= 4 is 5.96 Å². The molecule has 0 spiro atoms. The van der Waals surface area contributed by atoms with Crippen LogP contribution in [0, 0.1) is 5.41 Å². The minimum atomic E-state index is 0.140. The minimum absolute atomic E-state index is 0.140. The Balaban J connectivity index is 3.81. The number of nitrogens with one attached hydrogen (secondary N) is 1. The van der Waals surface area contributed by atoms with Crippen LogP contribution in [-0.2, 0) is 4.74 Å². The number of hydrogen-bond acceptors (Lipinski definition) is 3. The summed E-state index contributed by atoms with van der Waals surface area (Å²) in [5, 5.41) is 3.10. The van der Waals surface area contributed by atoms with Gasteiger partial charge in [0, 0.05) is 32.8 Å². The zero-order valence-electron chi connectivity index (χ0n) is 12.6. The number of aliphatic imine (C=N–C) groups is 1. The SMILES string of the molecule is CCOCCCNC(N)=NCC(C)(C)CN(C)C. The normalized spacial score (nSPS) is 13.1. The fourth-order valence-electron chi connectivity index (χ4n) is 1.80. The highest BCUT2D eigenvalue weighted by Gasteiger charge is 2.18. The van der Waals surface area contributed by atoms with E-state index in [0.717, 1.165) is 39.3 Å². The van der Waals surface area contributed by atoms with Crippen molar-refractivity contribution in [1.82, 2.24) is 10.2 Å². The highest BCUT2D eigenvalue weighted by Crippen LogP contribution is 2.15. The molecular weight excluding hydrogens is 228 g/mol. The monoisotopic (exact) mass is 258 g/mol. The van der Waals surface area contributed by atoms with E-state index in [2.05, 4.69) is 43.2 Å². The van der Waals surface area contributed by atoms with Gasteiger partial charge in [-0.1, -0.05) is 13.8 Å². The van der Waals surface area contributed by atoms with E-state index in [1.165, 1.54) is 0 Å². The summed E-state index contributed by atoms with van der Waals surface area (Å²) < 4.78 is 5.25. The van der Waals surface area contributed by atoms with Crippen LogP contribution in [0.3, 0.4) is 0 Å². The fraction of sp³-hybridized carbons (Fsp3) is 0.923. The van der Waals surface area contributed by atoms with Gasteiger partial charge in [0.15, 0.2) is 5.96 Å². The summed E-state index contributed by atoms with van der Waals surface area (Å²) >= 11 is 0. The quantitative estimate of drug-likeness (QED) is 0.366. The Hall–Kier alpha value is -0.810. The zero-order valence-corrected chi connectivity index (χ0v) is 12.6. The molecule has 0 atom stereocenters. The molecule has 0 radical (unpaired) electrons. The molecular formula is C13H30N4O. The average molecular weight is 258 g/mol.